The van der Waals surface area contributed by atoms with Crippen LogP contribution in [0.1, 0.15) is 66.2 Å². The van der Waals surface area contributed by atoms with Gasteiger partial charge in [-0.2, -0.15) is 0 Å². The van der Waals surface area contributed by atoms with Crippen LogP contribution in [0, 0.1) is 0 Å². The number of nitrogens with two attached hydrogens (primary N) is 1. The van der Waals surface area contributed by atoms with Crippen LogP contribution >= 0.6 is 0 Å². The molecule has 6 nitrogen and oxygen atoms in total. The summed E-state index contributed by atoms with van der Waals surface area (Å²) < 4.78 is 5.10. The highest BCUT2D eigenvalue weighted by molar-refractivity contribution is 5.68. The van der Waals surface area contributed by atoms with Crippen molar-refractivity contribution >= 4 is 6.09 Å². The molecule has 2 rings (SSSR count). The van der Waals surface area contributed by atoms with Gasteiger partial charge in [0.05, 0.1) is 11.7 Å². The Kier molecular flexibility index (Phi) is 6.65. The van der Waals surface area contributed by atoms with E-state index in [2.05, 4.69) is 5.32 Å². The lowest BCUT2D eigenvalue weighted by Crippen LogP contribution is -2.38. The van der Waals surface area contributed by atoms with Gasteiger partial charge in [-0.3, -0.25) is 0 Å². The van der Waals surface area contributed by atoms with E-state index in [1.54, 1.807) is 0 Å². The second-order valence-corrected chi connectivity index (χ2v) is 7.81. The number of ether oxygens (including phenoxy) is 1. The first-order valence-corrected chi connectivity index (χ1v) is 8.12. The Bertz CT molecular complexity index is 366. The molecule has 0 aliphatic heterocycles. The van der Waals surface area contributed by atoms with Gasteiger partial charge in [-0.05, 0) is 66.2 Å². The van der Waals surface area contributed by atoms with Crippen LogP contribution in [0.4, 0.5) is 4.79 Å². The zero-order valence-electron chi connectivity index (χ0n) is 14.3. The Balaban J connectivity index is 0.000000255. The molecule has 130 valence electrons. The van der Waals surface area contributed by atoms with E-state index in [0.29, 0.717) is 6.42 Å². The van der Waals surface area contributed by atoms with Gasteiger partial charge >= 0.3 is 6.09 Å². The van der Waals surface area contributed by atoms with Gasteiger partial charge in [0.25, 0.3) is 0 Å². The number of carbonyl (C=O) groups is 1. The fourth-order valence-electron chi connectivity index (χ4n) is 2.83. The van der Waals surface area contributed by atoms with Crippen molar-refractivity contribution in [2.45, 2.75) is 95.6 Å². The lowest BCUT2D eigenvalue weighted by atomic mass is 10.1. The molecule has 2 fully saturated rings. The highest BCUT2D eigenvalue weighted by Gasteiger charge is 2.30. The molecule has 0 aromatic carbocycles. The van der Waals surface area contributed by atoms with Crippen molar-refractivity contribution in [2.75, 3.05) is 0 Å². The summed E-state index contributed by atoms with van der Waals surface area (Å²) in [6.45, 7) is 7.34. The van der Waals surface area contributed by atoms with E-state index >= 15 is 0 Å². The van der Waals surface area contributed by atoms with Crippen LogP contribution in [-0.2, 0) is 4.74 Å². The van der Waals surface area contributed by atoms with E-state index < -0.39 is 17.3 Å². The molecule has 5 N–H and O–H groups in total. The Hall–Kier alpha value is -0.850. The molecule has 2 saturated carbocycles. The second-order valence-electron chi connectivity index (χ2n) is 7.81. The van der Waals surface area contributed by atoms with Crippen LogP contribution in [-0.4, -0.2) is 45.7 Å². The predicted octanol–water partition coefficient (Wildman–Crippen LogP) is 1.67. The molecule has 0 aromatic rings. The average molecular weight is 316 g/mol. The second kappa shape index (κ2) is 7.62. The third-order valence-electron chi connectivity index (χ3n) is 3.88. The SMILES string of the molecule is CC(C)(C)OC(=O)N[C@@H]1CCC(O)C1.C[C@@]1(O)CC[C@@H](N)C1. The standard InChI is InChI=1S/C10H19NO3.C6H13NO/c1-10(2,3)14-9(13)11-7-4-5-8(12)6-7;1-6(8)3-2-5(7)4-6/h7-8,12H,4-6H2,1-3H3,(H,11,13);5,8H,2-4,7H2,1H3/t7-,8?;5-,6-/m11/s1. The molecule has 0 bridgehead atoms. The molecular weight excluding hydrogens is 284 g/mol. The average Bonchev–Trinajstić information content (AvgIpc) is 2.83. The number of amides is 1. The minimum absolute atomic E-state index is 0.0693. The van der Waals surface area contributed by atoms with Crippen molar-refractivity contribution in [2.24, 2.45) is 5.73 Å². The Morgan fingerprint density at radius 1 is 1.32 bits per heavy atom. The van der Waals surface area contributed by atoms with Crippen LogP contribution in [0.15, 0.2) is 0 Å². The molecule has 0 aromatic heterocycles. The summed E-state index contributed by atoms with van der Waals surface area (Å²) in [5.41, 5.74) is 4.63. The van der Waals surface area contributed by atoms with Crippen LogP contribution in [0.3, 0.4) is 0 Å². The first-order valence-electron chi connectivity index (χ1n) is 8.12. The maximum absolute atomic E-state index is 11.3. The normalized spacial score (nSPS) is 34.8. The molecule has 1 unspecified atom stereocenters. The zero-order valence-corrected chi connectivity index (χ0v) is 14.3. The Morgan fingerprint density at radius 3 is 2.27 bits per heavy atom. The lowest BCUT2D eigenvalue weighted by molar-refractivity contribution is 0.0501. The van der Waals surface area contributed by atoms with Gasteiger partial charge in [0.2, 0.25) is 0 Å². The molecular formula is C16H32N2O4. The summed E-state index contributed by atoms with van der Waals surface area (Å²) in [4.78, 5) is 11.3. The third kappa shape index (κ3) is 7.96. The first kappa shape index (κ1) is 19.2. The number of nitrogens with one attached hydrogen (secondary N) is 1. The van der Waals surface area contributed by atoms with Gasteiger partial charge in [-0.25, -0.2) is 4.79 Å². The summed E-state index contributed by atoms with van der Waals surface area (Å²) in [7, 11) is 0. The molecule has 0 heterocycles. The lowest BCUT2D eigenvalue weighted by Gasteiger charge is -2.21. The van der Waals surface area contributed by atoms with Gasteiger partial charge < -0.3 is 26.0 Å². The van der Waals surface area contributed by atoms with Crippen molar-refractivity contribution in [3.8, 4) is 0 Å². The topological polar surface area (TPSA) is 105 Å². The first-order chi connectivity index (χ1) is 9.97. The number of hydrogen-bond acceptors (Lipinski definition) is 5. The third-order valence-corrected chi connectivity index (χ3v) is 3.88. The van der Waals surface area contributed by atoms with Crippen LogP contribution in [0.5, 0.6) is 0 Å². The summed E-state index contributed by atoms with van der Waals surface area (Å²) in [5, 5.41) is 21.3. The van der Waals surface area contributed by atoms with Crippen molar-refractivity contribution < 1.29 is 19.7 Å². The quantitative estimate of drug-likeness (QED) is 0.589. The van der Waals surface area contributed by atoms with Crippen LogP contribution in [0.25, 0.3) is 0 Å². The number of aliphatic hydroxyl groups excluding tert-OH is 1. The Labute approximate surface area is 133 Å². The molecule has 0 saturated heterocycles. The van der Waals surface area contributed by atoms with E-state index in [1.165, 1.54) is 0 Å². The predicted molar refractivity (Wildman–Crippen MR) is 85.5 cm³/mol. The largest absolute Gasteiger partial charge is 0.444 e. The zero-order chi connectivity index (χ0) is 17.0. The molecule has 22 heavy (non-hydrogen) atoms. The summed E-state index contributed by atoms with van der Waals surface area (Å²) in [5.74, 6) is 0. The minimum atomic E-state index is -0.459. The van der Waals surface area contributed by atoms with Gasteiger partial charge in [0.1, 0.15) is 5.60 Å². The number of carbonyl (C=O) groups excluding carboxylic acids is 1. The molecule has 4 atom stereocenters. The highest BCUT2D eigenvalue weighted by Crippen LogP contribution is 2.27. The Morgan fingerprint density at radius 2 is 1.95 bits per heavy atom. The number of hydrogen-bond donors (Lipinski definition) is 4. The maximum atomic E-state index is 11.3. The fourth-order valence-corrected chi connectivity index (χ4v) is 2.83. The summed E-state index contributed by atoms with van der Waals surface area (Å²) in [6.07, 6.45) is 4.19. The highest BCUT2D eigenvalue weighted by atomic mass is 16.6. The van der Waals surface area contributed by atoms with Gasteiger partial charge in [0.15, 0.2) is 0 Å². The number of alkyl carbamates (subject to hydrolysis) is 1. The van der Waals surface area contributed by atoms with Gasteiger partial charge in [-0.1, -0.05) is 0 Å². The molecule has 0 spiro atoms. The molecule has 2 aliphatic carbocycles. The summed E-state index contributed by atoms with van der Waals surface area (Å²) >= 11 is 0. The molecule has 2 aliphatic rings. The maximum Gasteiger partial charge on any atom is 0.407 e. The van der Waals surface area contributed by atoms with Crippen LogP contribution < -0.4 is 11.1 Å². The minimum Gasteiger partial charge on any atom is -0.444 e. The number of aliphatic hydroxyl groups is 2. The number of rotatable bonds is 1. The van der Waals surface area contributed by atoms with Crippen molar-refractivity contribution in [1.82, 2.24) is 5.32 Å². The smallest absolute Gasteiger partial charge is 0.407 e. The van der Waals surface area contributed by atoms with Crippen molar-refractivity contribution in [3.05, 3.63) is 0 Å². The summed E-state index contributed by atoms with van der Waals surface area (Å²) in [6, 6.07) is 0.310. The van der Waals surface area contributed by atoms with Gasteiger partial charge in [0, 0.05) is 12.1 Å². The van der Waals surface area contributed by atoms with E-state index in [1.807, 2.05) is 27.7 Å². The molecule has 6 heteroatoms. The van der Waals surface area contributed by atoms with Crippen LogP contribution in [0.2, 0.25) is 0 Å². The van der Waals surface area contributed by atoms with Crippen molar-refractivity contribution in [3.63, 3.8) is 0 Å². The molecule has 1 amide bonds. The van der Waals surface area contributed by atoms with E-state index in [9.17, 15) is 15.0 Å². The van der Waals surface area contributed by atoms with Gasteiger partial charge in [-0.15, -0.1) is 0 Å². The van der Waals surface area contributed by atoms with E-state index in [-0.39, 0.29) is 18.2 Å². The monoisotopic (exact) mass is 316 g/mol. The fraction of sp³-hybridized carbons (Fsp3) is 0.938. The van der Waals surface area contributed by atoms with E-state index in [0.717, 1.165) is 32.1 Å². The molecule has 0 radical (unpaired) electrons. The van der Waals surface area contributed by atoms with E-state index in [4.69, 9.17) is 10.5 Å². The van der Waals surface area contributed by atoms with Crippen molar-refractivity contribution in [1.29, 1.82) is 0 Å².